The Labute approximate surface area is 184 Å². The number of hydrogen-bond acceptors (Lipinski definition) is 4. The zero-order chi connectivity index (χ0) is 21.9. The number of aryl methyl sites for hydroxylation is 1. The van der Waals surface area contributed by atoms with Crippen molar-refractivity contribution in [2.45, 2.75) is 13.5 Å². The molecule has 5 aromatic rings. The minimum absolute atomic E-state index is 0.238. The summed E-state index contributed by atoms with van der Waals surface area (Å²) in [6.45, 7) is 2.29. The summed E-state index contributed by atoms with van der Waals surface area (Å²) in [6.07, 6.45) is 7.48. The number of nitrogens with zero attached hydrogens (tertiary/aromatic N) is 4. The first-order valence-corrected chi connectivity index (χ1v) is 10.2. The van der Waals surface area contributed by atoms with Crippen molar-refractivity contribution in [2.24, 2.45) is 0 Å². The minimum atomic E-state index is -0.238. The Balaban J connectivity index is 1.30. The topological polar surface area (TPSA) is 73.5 Å². The normalized spacial score (nSPS) is 10.9. The van der Waals surface area contributed by atoms with E-state index in [9.17, 15) is 4.79 Å². The van der Waals surface area contributed by atoms with Gasteiger partial charge in [-0.2, -0.15) is 5.10 Å². The van der Waals surface area contributed by atoms with Gasteiger partial charge in [0.05, 0.1) is 16.9 Å². The summed E-state index contributed by atoms with van der Waals surface area (Å²) >= 11 is 0. The smallest absolute Gasteiger partial charge is 0.259 e. The van der Waals surface area contributed by atoms with Crippen LogP contribution in [-0.4, -0.2) is 25.1 Å². The van der Waals surface area contributed by atoms with Gasteiger partial charge in [0.25, 0.3) is 5.91 Å². The maximum atomic E-state index is 12.9. The second-order valence-corrected chi connectivity index (χ2v) is 7.39. The minimum Gasteiger partial charge on any atom is -0.486 e. The number of rotatable bonds is 6. The van der Waals surface area contributed by atoms with E-state index in [1.807, 2.05) is 84.5 Å². The van der Waals surface area contributed by atoms with Crippen LogP contribution in [0, 0.1) is 6.92 Å². The van der Waals surface area contributed by atoms with Crippen LogP contribution in [-0.2, 0) is 6.61 Å². The lowest BCUT2D eigenvalue weighted by molar-refractivity contribution is 0.102. The highest BCUT2D eigenvalue weighted by Crippen LogP contribution is 2.22. The Morgan fingerprint density at radius 2 is 1.84 bits per heavy atom. The van der Waals surface area contributed by atoms with E-state index >= 15 is 0 Å². The van der Waals surface area contributed by atoms with Crippen LogP contribution < -0.4 is 10.1 Å². The van der Waals surface area contributed by atoms with Gasteiger partial charge in [-0.1, -0.05) is 18.2 Å². The summed E-state index contributed by atoms with van der Waals surface area (Å²) in [7, 11) is 0. The van der Waals surface area contributed by atoms with E-state index in [0.717, 1.165) is 22.6 Å². The molecule has 7 heteroatoms. The van der Waals surface area contributed by atoms with Crippen LogP contribution >= 0.6 is 0 Å². The molecule has 0 aliphatic carbocycles. The summed E-state index contributed by atoms with van der Waals surface area (Å²) in [5, 5.41) is 7.14. The van der Waals surface area contributed by atoms with Crippen molar-refractivity contribution < 1.29 is 9.53 Å². The van der Waals surface area contributed by atoms with Crippen LogP contribution in [0.4, 0.5) is 5.69 Å². The number of hydrogen-bond donors (Lipinski definition) is 1. The quantitative estimate of drug-likeness (QED) is 0.431. The Hall–Kier alpha value is -4.39. The van der Waals surface area contributed by atoms with Gasteiger partial charge < -0.3 is 14.5 Å². The Kier molecular flexibility index (Phi) is 5.13. The number of para-hydroxylation sites is 1. The van der Waals surface area contributed by atoms with Gasteiger partial charge in [0.15, 0.2) is 0 Å². The highest BCUT2D eigenvalue weighted by molar-refractivity contribution is 6.06. The van der Waals surface area contributed by atoms with Crippen molar-refractivity contribution in [1.29, 1.82) is 0 Å². The number of carbonyl (C=O) groups excluding carboxylic acids is 1. The molecule has 0 saturated carbocycles. The number of nitrogens with one attached hydrogen (secondary N) is 1. The van der Waals surface area contributed by atoms with E-state index in [1.165, 1.54) is 0 Å². The molecule has 3 heterocycles. The van der Waals surface area contributed by atoms with Crippen LogP contribution in [0.15, 0.2) is 91.5 Å². The predicted molar refractivity (Wildman–Crippen MR) is 122 cm³/mol. The zero-order valence-electron chi connectivity index (χ0n) is 17.5. The van der Waals surface area contributed by atoms with Crippen LogP contribution in [0.3, 0.4) is 0 Å². The molecule has 0 unspecified atom stereocenters. The number of fused-ring (bicyclic) bond motifs is 1. The van der Waals surface area contributed by atoms with Gasteiger partial charge in [-0.15, -0.1) is 0 Å². The number of aromatic nitrogens is 4. The molecular formula is C25H21N5O2. The zero-order valence-corrected chi connectivity index (χ0v) is 17.5. The third-order valence-corrected chi connectivity index (χ3v) is 5.13. The molecule has 1 amide bonds. The van der Waals surface area contributed by atoms with E-state index in [2.05, 4.69) is 15.4 Å². The Morgan fingerprint density at radius 1 is 1.00 bits per heavy atom. The molecule has 1 N–H and O–H groups in total. The monoisotopic (exact) mass is 423 g/mol. The molecule has 7 nitrogen and oxygen atoms in total. The summed E-state index contributed by atoms with van der Waals surface area (Å²) in [6, 6.07) is 20.6. The largest absolute Gasteiger partial charge is 0.486 e. The molecule has 0 atom stereocenters. The van der Waals surface area contributed by atoms with Gasteiger partial charge in [-0.3, -0.25) is 4.79 Å². The maximum absolute atomic E-state index is 12.9. The molecule has 3 aromatic heterocycles. The lowest BCUT2D eigenvalue weighted by Crippen LogP contribution is -2.13. The first-order valence-electron chi connectivity index (χ1n) is 10.2. The molecule has 0 bridgehead atoms. The number of ether oxygens (including phenoxy) is 1. The van der Waals surface area contributed by atoms with Gasteiger partial charge in [-0.25, -0.2) is 9.67 Å². The van der Waals surface area contributed by atoms with Gasteiger partial charge in [0.1, 0.15) is 18.0 Å². The van der Waals surface area contributed by atoms with E-state index in [0.29, 0.717) is 17.0 Å². The fourth-order valence-electron chi connectivity index (χ4n) is 3.52. The van der Waals surface area contributed by atoms with Crippen LogP contribution in [0.1, 0.15) is 21.6 Å². The van der Waals surface area contributed by atoms with Gasteiger partial charge in [0.2, 0.25) is 0 Å². The maximum Gasteiger partial charge on any atom is 0.259 e. The van der Waals surface area contributed by atoms with E-state index in [1.54, 1.807) is 23.0 Å². The molecule has 32 heavy (non-hydrogen) atoms. The van der Waals surface area contributed by atoms with Crippen molar-refractivity contribution in [1.82, 2.24) is 19.2 Å². The highest BCUT2D eigenvalue weighted by Gasteiger charge is 2.13. The van der Waals surface area contributed by atoms with Crippen molar-refractivity contribution in [3.63, 3.8) is 0 Å². The fraction of sp³-hybridized carbons (Fsp3) is 0.0800. The first-order chi connectivity index (χ1) is 15.7. The molecule has 158 valence electrons. The number of carbonyl (C=O) groups is 1. The molecule has 0 aliphatic rings. The predicted octanol–water partition coefficient (Wildman–Crippen LogP) is 4.66. The summed E-state index contributed by atoms with van der Waals surface area (Å²) in [5.41, 5.74) is 4.86. The van der Waals surface area contributed by atoms with Crippen LogP contribution in [0.2, 0.25) is 0 Å². The number of anilines is 1. The average molecular weight is 423 g/mol. The molecule has 0 spiro atoms. The molecule has 0 fully saturated rings. The number of amides is 1. The molecule has 0 aliphatic heterocycles. The number of benzene rings is 2. The third kappa shape index (κ3) is 3.96. The highest BCUT2D eigenvalue weighted by atomic mass is 16.5. The van der Waals surface area contributed by atoms with Gasteiger partial charge in [-0.05, 0) is 61.0 Å². The number of imidazole rings is 1. The standard InChI is InChI=1S/C25H21N5O2/c1-18-6-4-14-29-16-20(27-24(18)29)17-32-23-8-3-2-7-22(23)25(31)28-19-9-11-21(12-10-19)30-15-5-13-26-30/h2-16H,17H2,1H3,(H,28,31). The van der Waals surface area contributed by atoms with Crippen molar-refractivity contribution in [3.8, 4) is 11.4 Å². The molecule has 0 radical (unpaired) electrons. The second-order valence-electron chi connectivity index (χ2n) is 7.39. The van der Waals surface area contributed by atoms with E-state index in [-0.39, 0.29) is 12.5 Å². The third-order valence-electron chi connectivity index (χ3n) is 5.13. The summed E-state index contributed by atoms with van der Waals surface area (Å²) in [4.78, 5) is 17.5. The van der Waals surface area contributed by atoms with Crippen LogP contribution in [0.25, 0.3) is 11.3 Å². The molecule has 2 aromatic carbocycles. The van der Waals surface area contributed by atoms with Crippen molar-refractivity contribution in [3.05, 3.63) is 108 Å². The van der Waals surface area contributed by atoms with Gasteiger partial charge >= 0.3 is 0 Å². The Bertz CT molecular complexity index is 1370. The number of pyridine rings is 1. The van der Waals surface area contributed by atoms with E-state index in [4.69, 9.17) is 4.74 Å². The lowest BCUT2D eigenvalue weighted by Gasteiger charge is -2.11. The Morgan fingerprint density at radius 3 is 2.62 bits per heavy atom. The van der Waals surface area contributed by atoms with E-state index < -0.39 is 0 Å². The van der Waals surface area contributed by atoms with Crippen molar-refractivity contribution >= 4 is 17.2 Å². The SMILES string of the molecule is Cc1cccn2cc(COc3ccccc3C(=O)Nc3ccc(-n4cccn4)cc3)nc12. The van der Waals surface area contributed by atoms with Crippen LogP contribution in [0.5, 0.6) is 5.75 Å². The van der Waals surface area contributed by atoms with Crippen molar-refractivity contribution in [2.75, 3.05) is 5.32 Å². The fourth-order valence-corrected chi connectivity index (χ4v) is 3.52. The molecule has 5 rings (SSSR count). The second kappa shape index (κ2) is 8.39. The molecule has 0 saturated heterocycles. The summed E-state index contributed by atoms with van der Waals surface area (Å²) < 4.78 is 9.70. The first kappa shape index (κ1) is 19.6. The average Bonchev–Trinajstić information content (AvgIpc) is 3.49. The lowest BCUT2D eigenvalue weighted by atomic mass is 10.2. The van der Waals surface area contributed by atoms with Gasteiger partial charge in [0, 0.05) is 30.5 Å². The molecular weight excluding hydrogens is 402 g/mol. The summed E-state index contributed by atoms with van der Waals surface area (Å²) in [5.74, 6) is 0.269.